The first-order valence-electron chi connectivity index (χ1n) is 12.9. The summed E-state index contributed by atoms with van der Waals surface area (Å²) < 4.78 is 0. The number of fused-ring (bicyclic) bond motifs is 1. The zero-order valence-corrected chi connectivity index (χ0v) is 22.8. The molecule has 2 amide bonds. The highest BCUT2D eigenvalue weighted by Gasteiger charge is 2.35. The molecule has 0 saturated carbocycles. The van der Waals surface area contributed by atoms with Crippen molar-refractivity contribution >= 4 is 58.4 Å². The maximum atomic E-state index is 13.4. The van der Waals surface area contributed by atoms with E-state index in [9.17, 15) is 9.59 Å². The van der Waals surface area contributed by atoms with Gasteiger partial charge in [0, 0.05) is 61.9 Å². The van der Waals surface area contributed by atoms with Gasteiger partial charge >= 0.3 is 0 Å². The lowest BCUT2D eigenvalue weighted by Gasteiger charge is -2.47. The van der Waals surface area contributed by atoms with E-state index >= 15 is 0 Å². The summed E-state index contributed by atoms with van der Waals surface area (Å²) >= 11 is 12.7. The van der Waals surface area contributed by atoms with E-state index in [0.717, 1.165) is 43.6 Å². The number of anilines is 3. The normalized spacial score (nSPS) is 19.7. The summed E-state index contributed by atoms with van der Waals surface area (Å²) in [5.41, 5.74) is 13.5. The number of hydrogen-bond donors (Lipinski definition) is 3. The van der Waals surface area contributed by atoms with Crippen molar-refractivity contribution in [2.45, 2.75) is 45.7 Å². The number of carbonyl (C=O) groups excluding carboxylic acids is 2. The van der Waals surface area contributed by atoms with E-state index in [1.54, 1.807) is 6.07 Å². The Labute approximate surface area is 239 Å². The predicted molar refractivity (Wildman–Crippen MR) is 158 cm³/mol. The molecule has 2 fully saturated rings. The first kappa shape index (κ1) is 28.9. The molecule has 4 heterocycles. The number of halogens is 2. The van der Waals surface area contributed by atoms with Crippen LogP contribution in [0.25, 0.3) is 6.08 Å². The summed E-state index contributed by atoms with van der Waals surface area (Å²) in [5, 5.41) is 4.08. The molecule has 0 bridgehead atoms. The molecule has 3 aliphatic heterocycles. The number of nitrogens with zero attached hydrogens (tertiary/aromatic N) is 5. The van der Waals surface area contributed by atoms with Crippen LogP contribution in [0, 0.1) is 0 Å². The molecule has 0 radical (unpaired) electrons. The first-order chi connectivity index (χ1) is 18.3. The highest BCUT2D eigenvalue weighted by molar-refractivity contribution is 6.33. The molecule has 1 atom stereocenters. The Morgan fingerprint density at radius 2 is 1.87 bits per heavy atom. The standard InChI is InChI=1S/C26H32Cl2N8O2.CH4/c1-2-15-14-35(25-22(28)32-21(24(30)37)23(29)33-25)12-13-36(15)16-7-10-34(11-8-16)26(38)18-5-6-19(27)17-4-3-9-31-20(17)18;/h3-6,15-16,31H,2,7-14H2,1H3,(H2,29,33)(H2,30,37);1H4. The van der Waals surface area contributed by atoms with E-state index in [1.165, 1.54) is 0 Å². The molecule has 1 aromatic heterocycles. The van der Waals surface area contributed by atoms with Gasteiger partial charge in [0.1, 0.15) is 0 Å². The fourth-order valence-electron chi connectivity index (χ4n) is 5.74. The Kier molecular flexibility index (Phi) is 8.88. The van der Waals surface area contributed by atoms with Crippen molar-refractivity contribution in [2.24, 2.45) is 5.73 Å². The molecule has 210 valence electrons. The van der Waals surface area contributed by atoms with E-state index in [4.69, 9.17) is 34.7 Å². The van der Waals surface area contributed by atoms with Crippen LogP contribution in [0.5, 0.6) is 0 Å². The Morgan fingerprint density at radius 3 is 2.56 bits per heavy atom. The van der Waals surface area contributed by atoms with Crippen LogP contribution in [0.3, 0.4) is 0 Å². The number of primary amides is 1. The van der Waals surface area contributed by atoms with Crippen LogP contribution in [0.2, 0.25) is 10.2 Å². The predicted octanol–water partition coefficient (Wildman–Crippen LogP) is 3.74. The zero-order chi connectivity index (χ0) is 27.0. The lowest BCUT2D eigenvalue weighted by molar-refractivity contribution is 0.0491. The van der Waals surface area contributed by atoms with Crippen LogP contribution in [-0.4, -0.2) is 82.9 Å². The Bertz CT molecular complexity index is 1280. The molecular weight excluding hydrogens is 539 g/mol. The van der Waals surface area contributed by atoms with Crippen molar-refractivity contribution < 1.29 is 9.59 Å². The van der Waals surface area contributed by atoms with E-state index in [0.29, 0.717) is 48.6 Å². The van der Waals surface area contributed by atoms with Crippen molar-refractivity contribution in [3.63, 3.8) is 0 Å². The number of hydrogen-bond acceptors (Lipinski definition) is 8. The van der Waals surface area contributed by atoms with Crippen LogP contribution in [0.4, 0.5) is 17.3 Å². The lowest BCUT2D eigenvalue weighted by Crippen LogP contribution is -2.58. The number of nitrogens with two attached hydrogens (primary N) is 2. The van der Waals surface area contributed by atoms with Gasteiger partial charge in [-0.1, -0.05) is 49.7 Å². The highest BCUT2D eigenvalue weighted by Crippen LogP contribution is 2.34. The van der Waals surface area contributed by atoms with Crippen molar-refractivity contribution in [1.29, 1.82) is 0 Å². The van der Waals surface area contributed by atoms with Gasteiger partial charge in [-0.2, -0.15) is 0 Å². The summed E-state index contributed by atoms with van der Waals surface area (Å²) in [7, 11) is 0. The van der Waals surface area contributed by atoms with Crippen LogP contribution >= 0.6 is 23.2 Å². The van der Waals surface area contributed by atoms with Gasteiger partial charge in [0.05, 0.1) is 11.3 Å². The minimum Gasteiger partial charge on any atom is -0.382 e. The third-order valence-corrected chi connectivity index (χ3v) is 8.30. The molecule has 1 aromatic carbocycles. The average molecular weight is 576 g/mol. The molecule has 3 aliphatic rings. The van der Waals surface area contributed by atoms with Crippen LogP contribution in [0.15, 0.2) is 18.2 Å². The highest BCUT2D eigenvalue weighted by atomic mass is 35.5. The smallest absolute Gasteiger partial charge is 0.271 e. The van der Waals surface area contributed by atoms with Gasteiger partial charge in [0.25, 0.3) is 11.8 Å². The second-order valence-corrected chi connectivity index (χ2v) is 10.6. The minimum atomic E-state index is -0.756. The quantitative estimate of drug-likeness (QED) is 0.491. The third-order valence-electron chi connectivity index (χ3n) is 7.72. The number of piperazine rings is 1. The molecule has 2 aromatic rings. The fraction of sp³-hybridized carbons (Fsp3) is 0.481. The largest absolute Gasteiger partial charge is 0.382 e. The number of aromatic nitrogens is 2. The lowest BCUT2D eigenvalue weighted by atomic mass is 9.97. The van der Waals surface area contributed by atoms with Gasteiger partial charge in [-0.3, -0.25) is 14.5 Å². The summed E-state index contributed by atoms with van der Waals surface area (Å²) in [4.78, 5) is 40.0. The molecule has 2 saturated heterocycles. The van der Waals surface area contributed by atoms with Gasteiger partial charge < -0.3 is 26.6 Å². The zero-order valence-electron chi connectivity index (χ0n) is 21.3. The van der Waals surface area contributed by atoms with E-state index in [-0.39, 0.29) is 36.0 Å². The number of likely N-dealkylation sites (tertiary alicyclic amines) is 1. The average Bonchev–Trinajstić information content (AvgIpc) is 2.93. The number of rotatable bonds is 5. The monoisotopic (exact) mass is 574 g/mol. The fourth-order valence-corrected chi connectivity index (χ4v) is 6.21. The van der Waals surface area contributed by atoms with Gasteiger partial charge in [-0.05, 0) is 31.4 Å². The van der Waals surface area contributed by atoms with Crippen molar-refractivity contribution in [3.05, 3.63) is 45.2 Å². The number of piperidine rings is 1. The van der Waals surface area contributed by atoms with E-state index < -0.39 is 5.91 Å². The molecule has 5 N–H and O–H groups in total. The van der Waals surface area contributed by atoms with Crippen LogP contribution in [0.1, 0.15) is 60.0 Å². The van der Waals surface area contributed by atoms with E-state index in [2.05, 4.69) is 32.0 Å². The molecule has 39 heavy (non-hydrogen) atoms. The summed E-state index contributed by atoms with van der Waals surface area (Å²) in [6.07, 6.45) is 6.74. The summed E-state index contributed by atoms with van der Waals surface area (Å²) in [6.45, 7) is 6.51. The topological polar surface area (TPSA) is 134 Å². The number of nitrogen functional groups attached to an aromatic ring is 1. The minimum absolute atomic E-state index is 0. The maximum Gasteiger partial charge on any atom is 0.271 e. The molecule has 10 nitrogen and oxygen atoms in total. The van der Waals surface area contributed by atoms with Crippen LogP contribution < -0.4 is 21.7 Å². The molecular formula is C27H36Cl2N8O2. The molecule has 12 heteroatoms. The van der Waals surface area contributed by atoms with Crippen molar-refractivity contribution in [1.82, 2.24) is 19.8 Å². The molecule has 1 unspecified atom stereocenters. The summed E-state index contributed by atoms with van der Waals surface area (Å²) in [6, 6.07) is 4.29. The number of carbonyl (C=O) groups is 2. The Balaban J connectivity index is 0.00000353. The number of amides is 2. The maximum absolute atomic E-state index is 13.4. The second-order valence-electron chi connectivity index (χ2n) is 9.87. The Hall–Kier alpha value is -3.08. The van der Waals surface area contributed by atoms with Crippen molar-refractivity contribution in [3.8, 4) is 0 Å². The van der Waals surface area contributed by atoms with Gasteiger partial charge in [-0.25, -0.2) is 9.97 Å². The van der Waals surface area contributed by atoms with E-state index in [1.807, 2.05) is 23.1 Å². The van der Waals surface area contributed by atoms with Crippen molar-refractivity contribution in [2.75, 3.05) is 55.2 Å². The van der Waals surface area contributed by atoms with Gasteiger partial charge in [0.2, 0.25) is 0 Å². The Morgan fingerprint density at radius 1 is 1.13 bits per heavy atom. The van der Waals surface area contributed by atoms with Gasteiger partial charge in [-0.15, -0.1) is 0 Å². The first-order valence-corrected chi connectivity index (χ1v) is 13.7. The molecule has 5 rings (SSSR count). The SMILES string of the molecule is C.CCC1CN(c2nc(N)c(C(N)=O)nc2Cl)CCN1C1CCN(C(=O)c2ccc(Cl)c3c2NCC=C3)CC1. The summed E-state index contributed by atoms with van der Waals surface area (Å²) in [5.74, 6) is -0.255. The third kappa shape index (κ3) is 5.64. The van der Waals surface area contributed by atoms with Gasteiger partial charge in [0.15, 0.2) is 22.5 Å². The number of benzene rings is 1. The number of nitrogens with one attached hydrogen (secondary N) is 1. The molecule has 0 aliphatic carbocycles. The second kappa shape index (κ2) is 12.0. The molecule has 0 spiro atoms. The van der Waals surface area contributed by atoms with Crippen LogP contribution in [-0.2, 0) is 0 Å².